The molecule has 1 amide bonds. The second kappa shape index (κ2) is 5.85. The SMILES string of the molecule is CCN1C(=O)c2cccc3c(S(=O)(=O)Nc4ccccc4C)ccc1c23. The van der Waals surface area contributed by atoms with E-state index in [1.165, 1.54) is 0 Å². The van der Waals surface area contributed by atoms with E-state index in [1.807, 2.05) is 26.0 Å². The van der Waals surface area contributed by atoms with Crippen LogP contribution in [0.25, 0.3) is 10.8 Å². The lowest BCUT2D eigenvalue weighted by molar-refractivity contribution is 0.0994. The zero-order valence-electron chi connectivity index (χ0n) is 14.5. The van der Waals surface area contributed by atoms with E-state index < -0.39 is 10.0 Å². The Morgan fingerprint density at radius 1 is 1.00 bits per heavy atom. The van der Waals surface area contributed by atoms with Gasteiger partial charge in [-0.1, -0.05) is 30.3 Å². The van der Waals surface area contributed by atoms with Crippen molar-refractivity contribution in [3.63, 3.8) is 0 Å². The summed E-state index contributed by atoms with van der Waals surface area (Å²) in [6, 6.07) is 15.7. The van der Waals surface area contributed by atoms with Crippen molar-refractivity contribution in [2.45, 2.75) is 18.7 Å². The molecule has 0 saturated heterocycles. The predicted octanol–water partition coefficient (Wildman–Crippen LogP) is 3.93. The van der Waals surface area contributed by atoms with E-state index in [0.717, 1.165) is 11.3 Å². The van der Waals surface area contributed by atoms with Crippen LogP contribution in [0.1, 0.15) is 22.8 Å². The number of sulfonamides is 1. The summed E-state index contributed by atoms with van der Waals surface area (Å²) in [6.07, 6.45) is 0. The van der Waals surface area contributed by atoms with Gasteiger partial charge in [0.05, 0.1) is 16.3 Å². The Labute approximate surface area is 152 Å². The minimum absolute atomic E-state index is 0.0884. The zero-order chi connectivity index (χ0) is 18.5. The summed E-state index contributed by atoms with van der Waals surface area (Å²) in [5.74, 6) is -0.0884. The number of carbonyl (C=O) groups is 1. The Morgan fingerprint density at radius 3 is 2.50 bits per heavy atom. The highest BCUT2D eigenvalue weighted by atomic mass is 32.2. The van der Waals surface area contributed by atoms with E-state index in [1.54, 1.807) is 47.4 Å². The van der Waals surface area contributed by atoms with Crippen molar-refractivity contribution in [1.82, 2.24) is 0 Å². The molecule has 1 heterocycles. The fourth-order valence-electron chi connectivity index (χ4n) is 3.45. The minimum atomic E-state index is -3.79. The molecule has 0 aromatic heterocycles. The average molecular weight is 366 g/mol. The number of carbonyl (C=O) groups excluding carboxylic acids is 1. The Morgan fingerprint density at radius 2 is 1.77 bits per heavy atom. The maximum atomic E-state index is 13.0. The van der Waals surface area contributed by atoms with Crippen LogP contribution in [-0.2, 0) is 10.0 Å². The molecule has 0 unspecified atom stereocenters. The van der Waals surface area contributed by atoms with Crippen molar-refractivity contribution in [1.29, 1.82) is 0 Å². The van der Waals surface area contributed by atoms with Gasteiger partial charge in [0.25, 0.3) is 15.9 Å². The van der Waals surface area contributed by atoms with E-state index in [0.29, 0.717) is 28.6 Å². The van der Waals surface area contributed by atoms with Crippen molar-refractivity contribution in [2.75, 3.05) is 16.2 Å². The first kappa shape index (κ1) is 16.6. The van der Waals surface area contributed by atoms with Crippen LogP contribution in [0.2, 0.25) is 0 Å². The van der Waals surface area contributed by atoms with Gasteiger partial charge in [-0.2, -0.15) is 0 Å². The fraction of sp³-hybridized carbons (Fsp3) is 0.150. The van der Waals surface area contributed by atoms with E-state index >= 15 is 0 Å². The molecule has 0 bridgehead atoms. The maximum absolute atomic E-state index is 13.0. The maximum Gasteiger partial charge on any atom is 0.262 e. The second-order valence-corrected chi connectivity index (χ2v) is 7.93. The molecule has 1 aliphatic rings. The molecule has 1 N–H and O–H groups in total. The third kappa shape index (κ3) is 2.37. The smallest absolute Gasteiger partial charge is 0.262 e. The van der Waals surface area contributed by atoms with Crippen molar-refractivity contribution < 1.29 is 13.2 Å². The third-order valence-electron chi connectivity index (χ3n) is 4.74. The normalized spacial score (nSPS) is 13.5. The monoisotopic (exact) mass is 366 g/mol. The summed E-state index contributed by atoms with van der Waals surface area (Å²) in [5, 5.41) is 1.26. The first-order valence-corrected chi connectivity index (χ1v) is 9.88. The molecule has 3 aromatic rings. The van der Waals surface area contributed by atoms with Crippen LogP contribution in [0.3, 0.4) is 0 Å². The van der Waals surface area contributed by atoms with E-state index in [2.05, 4.69) is 4.72 Å². The number of amides is 1. The Balaban J connectivity index is 1.90. The molecule has 0 fully saturated rings. The lowest BCUT2D eigenvalue weighted by Gasteiger charge is -2.16. The molecule has 132 valence electrons. The molecule has 0 saturated carbocycles. The Hall–Kier alpha value is -2.86. The van der Waals surface area contributed by atoms with Crippen LogP contribution in [0.15, 0.2) is 59.5 Å². The van der Waals surface area contributed by atoms with E-state index in [-0.39, 0.29) is 10.8 Å². The summed E-state index contributed by atoms with van der Waals surface area (Å²) >= 11 is 0. The highest BCUT2D eigenvalue weighted by Gasteiger charge is 2.31. The van der Waals surface area contributed by atoms with Crippen LogP contribution in [0, 0.1) is 6.92 Å². The predicted molar refractivity (Wildman–Crippen MR) is 103 cm³/mol. The zero-order valence-corrected chi connectivity index (χ0v) is 15.3. The van der Waals surface area contributed by atoms with Gasteiger partial charge in [-0.05, 0) is 43.7 Å². The number of hydrogen-bond donors (Lipinski definition) is 1. The molecule has 0 aliphatic carbocycles. The number of nitrogens with zero attached hydrogens (tertiary/aromatic N) is 1. The molecule has 5 nitrogen and oxygen atoms in total. The molecule has 3 aromatic carbocycles. The van der Waals surface area contributed by atoms with Gasteiger partial charge >= 0.3 is 0 Å². The number of anilines is 2. The van der Waals surface area contributed by atoms with Gasteiger partial charge in [0, 0.05) is 22.9 Å². The molecular formula is C20H18N2O3S. The molecule has 1 aliphatic heterocycles. The van der Waals surface area contributed by atoms with Crippen LogP contribution in [-0.4, -0.2) is 20.9 Å². The lowest BCUT2D eigenvalue weighted by atomic mass is 10.1. The summed E-state index contributed by atoms with van der Waals surface area (Å²) < 4.78 is 28.7. The number of aryl methyl sites for hydroxylation is 1. The first-order chi connectivity index (χ1) is 12.4. The van der Waals surface area contributed by atoms with Crippen molar-refractivity contribution in [2.24, 2.45) is 0 Å². The largest absolute Gasteiger partial charge is 0.308 e. The quantitative estimate of drug-likeness (QED) is 0.761. The summed E-state index contributed by atoms with van der Waals surface area (Å²) in [5.41, 5.74) is 2.70. The first-order valence-electron chi connectivity index (χ1n) is 8.40. The molecule has 26 heavy (non-hydrogen) atoms. The minimum Gasteiger partial charge on any atom is -0.308 e. The highest BCUT2D eigenvalue weighted by molar-refractivity contribution is 7.93. The highest BCUT2D eigenvalue weighted by Crippen LogP contribution is 2.40. The van der Waals surface area contributed by atoms with E-state index in [4.69, 9.17) is 0 Å². The standard InChI is InChI=1S/C20H18N2O3S/c1-3-22-17-11-12-18(14-8-6-9-15(19(14)17)20(22)23)26(24,25)21-16-10-5-4-7-13(16)2/h4-12,21H,3H2,1-2H3. The number of hydrogen-bond acceptors (Lipinski definition) is 3. The van der Waals surface area contributed by atoms with Crippen LogP contribution in [0.4, 0.5) is 11.4 Å². The van der Waals surface area contributed by atoms with Crippen molar-refractivity contribution >= 4 is 38.1 Å². The number of para-hydroxylation sites is 1. The fourth-order valence-corrected chi connectivity index (χ4v) is 4.79. The second-order valence-electron chi connectivity index (χ2n) is 6.28. The molecule has 0 spiro atoms. The average Bonchev–Trinajstić information content (AvgIpc) is 2.90. The van der Waals surface area contributed by atoms with Crippen LogP contribution >= 0.6 is 0 Å². The van der Waals surface area contributed by atoms with Gasteiger partial charge in [-0.25, -0.2) is 8.42 Å². The molecule has 0 atom stereocenters. The summed E-state index contributed by atoms with van der Waals surface area (Å²) in [4.78, 5) is 14.4. The topological polar surface area (TPSA) is 66.5 Å². The van der Waals surface area contributed by atoms with Gasteiger partial charge in [0.2, 0.25) is 0 Å². The number of rotatable bonds is 4. The van der Waals surface area contributed by atoms with E-state index in [9.17, 15) is 13.2 Å². The van der Waals surface area contributed by atoms with Crippen molar-refractivity contribution in [3.8, 4) is 0 Å². The summed E-state index contributed by atoms with van der Waals surface area (Å²) in [6.45, 7) is 4.29. The Kier molecular flexibility index (Phi) is 3.73. The van der Waals surface area contributed by atoms with Gasteiger partial charge in [0.1, 0.15) is 0 Å². The number of benzene rings is 3. The molecule has 0 radical (unpaired) electrons. The third-order valence-corrected chi connectivity index (χ3v) is 6.16. The van der Waals surface area contributed by atoms with Crippen molar-refractivity contribution in [3.05, 3.63) is 65.7 Å². The van der Waals surface area contributed by atoms with Gasteiger partial charge in [-0.15, -0.1) is 0 Å². The Bertz CT molecular complexity index is 1150. The van der Waals surface area contributed by atoms with Crippen LogP contribution < -0.4 is 9.62 Å². The molecule has 6 heteroatoms. The molecular weight excluding hydrogens is 348 g/mol. The van der Waals surface area contributed by atoms with Gasteiger partial charge in [-0.3, -0.25) is 9.52 Å². The van der Waals surface area contributed by atoms with Gasteiger partial charge < -0.3 is 4.90 Å². The lowest BCUT2D eigenvalue weighted by Crippen LogP contribution is -2.25. The molecule has 4 rings (SSSR count). The number of nitrogens with one attached hydrogen (secondary N) is 1. The van der Waals surface area contributed by atoms with Crippen LogP contribution in [0.5, 0.6) is 0 Å². The summed E-state index contributed by atoms with van der Waals surface area (Å²) in [7, 11) is -3.79. The van der Waals surface area contributed by atoms with Gasteiger partial charge in [0.15, 0.2) is 0 Å².